The molecule has 7 heteroatoms. The van der Waals surface area contributed by atoms with Gasteiger partial charge in [0.05, 0.1) is 12.0 Å². The Morgan fingerprint density at radius 1 is 1.06 bits per heavy atom. The van der Waals surface area contributed by atoms with E-state index in [0.717, 1.165) is 11.1 Å². The lowest BCUT2D eigenvalue weighted by Gasteiger charge is -2.30. The molecule has 1 aromatic heterocycles. The zero-order valence-corrected chi connectivity index (χ0v) is 20.2. The second kappa shape index (κ2) is 9.64. The van der Waals surface area contributed by atoms with E-state index >= 15 is 0 Å². The lowest BCUT2D eigenvalue weighted by molar-refractivity contribution is -0.143. The number of pyridine rings is 1. The van der Waals surface area contributed by atoms with Gasteiger partial charge in [0.15, 0.2) is 0 Å². The van der Waals surface area contributed by atoms with Gasteiger partial charge in [-0.2, -0.15) is 0 Å². The molecule has 2 saturated heterocycles. The number of benzene rings is 2. The molecule has 2 aromatic carbocycles. The molecule has 0 radical (unpaired) electrons. The van der Waals surface area contributed by atoms with Gasteiger partial charge >= 0.3 is 0 Å². The maximum atomic E-state index is 14.3. The Morgan fingerprint density at radius 3 is 2.53 bits per heavy atom. The van der Waals surface area contributed by atoms with Crippen molar-refractivity contribution < 1.29 is 18.8 Å². The number of carbonyl (C=O) groups is 3. The molecule has 0 bridgehead atoms. The van der Waals surface area contributed by atoms with Crippen LogP contribution in [-0.4, -0.2) is 45.6 Å². The van der Waals surface area contributed by atoms with Crippen molar-refractivity contribution in [2.75, 3.05) is 13.1 Å². The van der Waals surface area contributed by atoms with E-state index in [1.807, 2.05) is 31.2 Å². The van der Waals surface area contributed by atoms with E-state index in [-0.39, 0.29) is 48.8 Å². The number of amides is 3. The standard InChI is InChI=1S/C29H28FN3O3/c1-20-6-2-4-8-24(20)29(17-27(35)33(28(29)36)18-21-10-13-31-14-11-21)16-26(34)32-15-12-22(19-32)23-7-3-5-9-25(23)30/h2-11,13-14,22H,12,15-19H2,1H3/t22-,29+/m1/s1. The van der Waals surface area contributed by atoms with Gasteiger partial charge < -0.3 is 4.90 Å². The van der Waals surface area contributed by atoms with Crippen molar-refractivity contribution in [3.05, 3.63) is 101 Å². The Balaban J connectivity index is 1.42. The SMILES string of the molecule is Cc1ccccc1[C@]1(CC(=O)N2CC[C@@H](c3ccccc3F)C2)CC(=O)N(Cc2ccncc2)C1=O. The molecule has 0 N–H and O–H groups in total. The van der Waals surface area contributed by atoms with Gasteiger partial charge in [-0.3, -0.25) is 24.3 Å². The summed E-state index contributed by atoms with van der Waals surface area (Å²) in [6.07, 6.45) is 3.75. The molecule has 0 spiro atoms. The van der Waals surface area contributed by atoms with E-state index in [9.17, 15) is 18.8 Å². The quantitative estimate of drug-likeness (QED) is 0.493. The summed E-state index contributed by atoms with van der Waals surface area (Å²) in [4.78, 5) is 47.7. The molecule has 3 aromatic rings. The number of likely N-dealkylation sites (tertiary alicyclic amines) is 2. The third kappa shape index (κ3) is 4.30. The molecule has 36 heavy (non-hydrogen) atoms. The van der Waals surface area contributed by atoms with E-state index in [4.69, 9.17) is 0 Å². The summed E-state index contributed by atoms with van der Waals surface area (Å²) in [7, 11) is 0. The third-order valence-corrected chi connectivity index (χ3v) is 7.50. The van der Waals surface area contributed by atoms with Gasteiger partial charge in [0.25, 0.3) is 0 Å². The average molecular weight is 486 g/mol. The minimum Gasteiger partial charge on any atom is -0.342 e. The first-order valence-electron chi connectivity index (χ1n) is 12.2. The fourth-order valence-electron chi connectivity index (χ4n) is 5.60. The molecule has 6 nitrogen and oxygen atoms in total. The summed E-state index contributed by atoms with van der Waals surface area (Å²) in [5.74, 6) is -1.19. The van der Waals surface area contributed by atoms with E-state index < -0.39 is 5.41 Å². The number of nitrogens with zero attached hydrogens (tertiary/aromatic N) is 3. The maximum absolute atomic E-state index is 14.3. The minimum absolute atomic E-state index is 0.0574. The number of halogens is 1. The number of aryl methyl sites for hydroxylation is 1. The summed E-state index contributed by atoms with van der Waals surface area (Å²) in [5.41, 5.74) is 1.72. The second-order valence-corrected chi connectivity index (χ2v) is 9.74. The van der Waals surface area contributed by atoms with Gasteiger partial charge in [0.1, 0.15) is 5.82 Å². The van der Waals surface area contributed by atoms with Crippen LogP contribution >= 0.6 is 0 Å². The lowest BCUT2D eigenvalue weighted by atomic mass is 9.74. The van der Waals surface area contributed by atoms with E-state index in [0.29, 0.717) is 30.6 Å². The number of carbonyl (C=O) groups excluding carboxylic acids is 3. The molecule has 184 valence electrons. The molecular weight excluding hydrogens is 457 g/mol. The van der Waals surface area contributed by atoms with Crippen LogP contribution in [0.4, 0.5) is 4.39 Å². The third-order valence-electron chi connectivity index (χ3n) is 7.50. The Morgan fingerprint density at radius 2 is 1.78 bits per heavy atom. The first kappa shape index (κ1) is 23.9. The highest BCUT2D eigenvalue weighted by atomic mass is 19.1. The number of hydrogen-bond acceptors (Lipinski definition) is 4. The normalized spacial score (nSPS) is 21.9. The summed E-state index contributed by atoms with van der Waals surface area (Å²) in [6.45, 7) is 2.92. The number of rotatable bonds is 6. The molecule has 2 aliphatic rings. The van der Waals surface area contributed by atoms with Gasteiger partial charge in [-0.15, -0.1) is 0 Å². The van der Waals surface area contributed by atoms with Crippen LogP contribution in [0.1, 0.15) is 47.4 Å². The second-order valence-electron chi connectivity index (χ2n) is 9.74. The smallest absolute Gasteiger partial charge is 0.241 e. The first-order chi connectivity index (χ1) is 17.4. The highest BCUT2D eigenvalue weighted by Crippen LogP contribution is 2.43. The van der Waals surface area contributed by atoms with Crippen molar-refractivity contribution >= 4 is 17.7 Å². The topological polar surface area (TPSA) is 70.6 Å². The van der Waals surface area contributed by atoms with Gasteiger partial charge in [0, 0.05) is 44.2 Å². The highest BCUT2D eigenvalue weighted by molar-refractivity contribution is 6.10. The van der Waals surface area contributed by atoms with E-state index in [1.54, 1.807) is 47.6 Å². The van der Waals surface area contributed by atoms with Crippen LogP contribution in [0.25, 0.3) is 0 Å². The largest absolute Gasteiger partial charge is 0.342 e. The monoisotopic (exact) mass is 485 g/mol. The molecule has 0 unspecified atom stereocenters. The van der Waals surface area contributed by atoms with Crippen molar-refractivity contribution in [1.82, 2.24) is 14.8 Å². The van der Waals surface area contributed by atoms with Crippen molar-refractivity contribution in [2.45, 2.75) is 44.1 Å². The minimum atomic E-state index is -1.26. The molecule has 2 atom stereocenters. The zero-order chi connectivity index (χ0) is 25.3. The Kier molecular flexibility index (Phi) is 6.39. The number of imide groups is 1. The van der Waals surface area contributed by atoms with Crippen LogP contribution in [-0.2, 0) is 26.3 Å². The van der Waals surface area contributed by atoms with Gasteiger partial charge in [0.2, 0.25) is 17.7 Å². The molecule has 2 fully saturated rings. The van der Waals surface area contributed by atoms with Crippen molar-refractivity contribution in [1.29, 1.82) is 0 Å². The van der Waals surface area contributed by atoms with Gasteiger partial charge in [-0.05, 0) is 53.8 Å². The summed E-state index contributed by atoms with van der Waals surface area (Å²) in [5, 5.41) is 0. The molecule has 0 saturated carbocycles. The van der Waals surface area contributed by atoms with Gasteiger partial charge in [-0.25, -0.2) is 4.39 Å². The Bertz CT molecular complexity index is 1310. The molecule has 3 heterocycles. The molecule has 0 aliphatic carbocycles. The average Bonchev–Trinajstić information content (AvgIpc) is 3.45. The number of hydrogen-bond donors (Lipinski definition) is 0. The van der Waals surface area contributed by atoms with Gasteiger partial charge in [-0.1, -0.05) is 42.5 Å². The van der Waals surface area contributed by atoms with Crippen LogP contribution in [0.2, 0.25) is 0 Å². The summed E-state index contributed by atoms with van der Waals surface area (Å²) >= 11 is 0. The fourth-order valence-corrected chi connectivity index (χ4v) is 5.60. The van der Waals surface area contributed by atoms with Crippen LogP contribution in [0.3, 0.4) is 0 Å². The van der Waals surface area contributed by atoms with E-state index in [2.05, 4.69) is 4.98 Å². The van der Waals surface area contributed by atoms with Crippen molar-refractivity contribution in [3.63, 3.8) is 0 Å². The zero-order valence-electron chi connectivity index (χ0n) is 20.2. The van der Waals surface area contributed by atoms with Crippen LogP contribution in [0.5, 0.6) is 0 Å². The maximum Gasteiger partial charge on any atom is 0.241 e. The Labute approximate surface area is 209 Å². The molecule has 2 aliphatic heterocycles. The van der Waals surface area contributed by atoms with Crippen molar-refractivity contribution in [2.24, 2.45) is 0 Å². The van der Waals surface area contributed by atoms with Crippen molar-refractivity contribution in [3.8, 4) is 0 Å². The molecular formula is C29H28FN3O3. The highest BCUT2D eigenvalue weighted by Gasteiger charge is 2.54. The van der Waals surface area contributed by atoms with Crippen LogP contribution < -0.4 is 0 Å². The van der Waals surface area contributed by atoms with E-state index in [1.165, 1.54) is 11.0 Å². The molecule has 3 amide bonds. The fraction of sp³-hybridized carbons (Fsp3) is 0.310. The predicted octanol–water partition coefficient (Wildman–Crippen LogP) is 4.13. The van der Waals surface area contributed by atoms with Crippen LogP contribution in [0.15, 0.2) is 73.1 Å². The summed E-state index contributed by atoms with van der Waals surface area (Å²) < 4.78 is 14.3. The Hall–Kier alpha value is -3.87. The molecule has 5 rings (SSSR count). The summed E-state index contributed by atoms with van der Waals surface area (Å²) in [6, 6.07) is 17.7. The van der Waals surface area contributed by atoms with Crippen LogP contribution in [0, 0.1) is 12.7 Å². The first-order valence-corrected chi connectivity index (χ1v) is 12.2. The predicted molar refractivity (Wildman–Crippen MR) is 132 cm³/mol. The number of aromatic nitrogens is 1. The lowest BCUT2D eigenvalue weighted by Crippen LogP contribution is -2.43.